The highest BCUT2D eigenvalue weighted by Crippen LogP contribution is 2.34. The lowest BCUT2D eigenvalue weighted by atomic mass is 9.97. The fourth-order valence-electron chi connectivity index (χ4n) is 3.92. The van der Waals surface area contributed by atoms with Gasteiger partial charge in [0, 0.05) is 44.2 Å². The molecule has 1 atom stereocenters. The summed E-state index contributed by atoms with van der Waals surface area (Å²) in [5.74, 6) is 2.33. The van der Waals surface area contributed by atoms with Gasteiger partial charge in [-0.25, -0.2) is 0 Å². The van der Waals surface area contributed by atoms with Gasteiger partial charge in [0.2, 0.25) is 5.91 Å². The molecule has 3 rings (SSSR count). The van der Waals surface area contributed by atoms with Gasteiger partial charge < -0.3 is 14.4 Å². The first-order valence-electron chi connectivity index (χ1n) is 9.01. The molecule has 0 N–H and O–H groups in total. The molecule has 0 bridgehead atoms. The van der Waals surface area contributed by atoms with E-state index in [1.807, 2.05) is 17.0 Å². The van der Waals surface area contributed by atoms with Crippen LogP contribution in [0.2, 0.25) is 5.02 Å². The van der Waals surface area contributed by atoms with Crippen molar-refractivity contribution in [3.05, 3.63) is 22.7 Å². The monoisotopic (exact) mass is 366 g/mol. The van der Waals surface area contributed by atoms with E-state index in [9.17, 15) is 4.79 Å². The van der Waals surface area contributed by atoms with Crippen molar-refractivity contribution in [3.63, 3.8) is 0 Å². The number of likely N-dealkylation sites (tertiary alicyclic amines) is 2. The van der Waals surface area contributed by atoms with Crippen molar-refractivity contribution >= 4 is 17.5 Å². The van der Waals surface area contributed by atoms with Crippen LogP contribution in [-0.2, 0) is 11.3 Å². The van der Waals surface area contributed by atoms with E-state index in [4.69, 9.17) is 21.1 Å². The van der Waals surface area contributed by atoms with Gasteiger partial charge >= 0.3 is 0 Å². The average Bonchev–Trinajstić information content (AvgIpc) is 3.01. The van der Waals surface area contributed by atoms with E-state index in [1.165, 1.54) is 6.42 Å². The molecule has 1 aromatic carbocycles. The van der Waals surface area contributed by atoms with Crippen LogP contribution >= 0.6 is 11.6 Å². The van der Waals surface area contributed by atoms with Crippen LogP contribution in [0, 0.1) is 5.92 Å². The van der Waals surface area contributed by atoms with Crippen molar-refractivity contribution < 1.29 is 14.3 Å². The zero-order valence-corrected chi connectivity index (χ0v) is 15.8. The summed E-state index contributed by atoms with van der Waals surface area (Å²) in [6.45, 7) is 4.62. The Morgan fingerprint density at radius 1 is 1.20 bits per heavy atom. The summed E-state index contributed by atoms with van der Waals surface area (Å²) in [6, 6.07) is 3.72. The van der Waals surface area contributed by atoms with E-state index < -0.39 is 0 Å². The SMILES string of the molecule is COc1cc(Cl)c(CN2CCC[C@@H](CN3CCCC3=O)C2)c(OC)c1. The molecule has 2 heterocycles. The molecule has 1 aromatic rings. The Bertz CT molecular complexity index is 623. The lowest BCUT2D eigenvalue weighted by Crippen LogP contribution is -2.41. The third-order valence-corrected chi connectivity index (χ3v) is 5.56. The lowest BCUT2D eigenvalue weighted by molar-refractivity contribution is -0.128. The Kier molecular flexibility index (Phi) is 6.07. The summed E-state index contributed by atoms with van der Waals surface area (Å²) < 4.78 is 10.8. The molecule has 5 nitrogen and oxygen atoms in total. The van der Waals surface area contributed by atoms with Gasteiger partial charge in [-0.1, -0.05) is 11.6 Å². The first kappa shape index (κ1) is 18.3. The van der Waals surface area contributed by atoms with Gasteiger partial charge in [-0.3, -0.25) is 9.69 Å². The number of ether oxygens (including phenoxy) is 2. The fourth-order valence-corrected chi connectivity index (χ4v) is 4.18. The molecular weight excluding hydrogens is 340 g/mol. The van der Waals surface area contributed by atoms with E-state index in [0.29, 0.717) is 22.6 Å². The quantitative estimate of drug-likeness (QED) is 0.775. The standard InChI is InChI=1S/C19H27ClN2O3/c1-24-15-9-17(20)16(18(10-15)25-2)13-21-7-3-5-14(11-21)12-22-8-4-6-19(22)23/h9-10,14H,3-8,11-13H2,1-2H3/t14-/m1/s1. The molecule has 1 amide bonds. The van der Waals surface area contributed by atoms with E-state index in [1.54, 1.807) is 14.2 Å². The second-order valence-corrected chi connectivity index (χ2v) is 7.38. The Hall–Kier alpha value is -1.46. The number of methoxy groups -OCH3 is 2. The van der Waals surface area contributed by atoms with Crippen LogP contribution in [0.5, 0.6) is 11.5 Å². The molecule has 2 fully saturated rings. The second-order valence-electron chi connectivity index (χ2n) is 6.98. The Labute approximate surface area is 154 Å². The van der Waals surface area contributed by atoms with Crippen LogP contribution in [0.4, 0.5) is 0 Å². The molecule has 2 aliphatic heterocycles. The maximum atomic E-state index is 11.9. The molecule has 2 aliphatic rings. The molecule has 0 unspecified atom stereocenters. The third kappa shape index (κ3) is 4.39. The Morgan fingerprint density at radius 2 is 2.04 bits per heavy atom. The highest BCUT2D eigenvalue weighted by atomic mass is 35.5. The number of hydrogen-bond acceptors (Lipinski definition) is 4. The average molecular weight is 367 g/mol. The second kappa shape index (κ2) is 8.28. The van der Waals surface area contributed by atoms with Crippen molar-refractivity contribution in [2.45, 2.75) is 32.2 Å². The van der Waals surface area contributed by atoms with Gasteiger partial charge in [0.1, 0.15) is 11.5 Å². The van der Waals surface area contributed by atoms with Crippen LogP contribution in [0.3, 0.4) is 0 Å². The zero-order chi connectivity index (χ0) is 17.8. The van der Waals surface area contributed by atoms with Gasteiger partial charge in [-0.2, -0.15) is 0 Å². The number of amides is 1. The number of piperidine rings is 1. The molecule has 0 spiro atoms. The number of nitrogens with zero attached hydrogens (tertiary/aromatic N) is 2. The molecule has 0 aromatic heterocycles. The van der Waals surface area contributed by atoms with Crippen LogP contribution in [0.25, 0.3) is 0 Å². The topological polar surface area (TPSA) is 42.0 Å². The maximum Gasteiger partial charge on any atom is 0.222 e. The molecular formula is C19H27ClN2O3. The van der Waals surface area contributed by atoms with Crippen molar-refractivity contribution in [1.29, 1.82) is 0 Å². The van der Waals surface area contributed by atoms with Crippen LogP contribution in [-0.4, -0.2) is 56.1 Å². The van der Waals surface area contributed by atoms with E-state index in [2.05, 4.69) is 4.90 Å². The maximum absolute atomic E-state index is 11.9. The first-order chi connectivity index (χ1) is 12.1. The summed E-state index contributed by atoms with van der Waals surface area (Å²) in [5.41, 5.74) is 1.00. The van der Waals surface area contributed by atoms with Crippen molar-refractivity contribution in [3.8, 4) is 11.5 Å². The number of hydrogen-bond donors (Lipinski definition) is 0. The Balaban J connectivity index is 1.65. The minimum absolute atomic E-state index is 0.317. The molecule has 2 saturated heterocycles. The van der Waals surface area contributed by atoms with Crippen LogP contribution in [0.1, 0.15) is 31.2 Å². The molecule has 25 heavy (non-hydrogen) atoms. The van der Waals surface area contributed by atoms with Crippen LogP contribution in [0.15, 0.2) is 12.1 Å². The Morgan fingerprint density at radius 3 is 2.72 bits per heavy atom. The number of halogens is 1. The summed E-state index contributed by atoms with van der Waals surface area (Å²) in [4.78, 5) is 16.3. The molecule has 0 saturated carbocycles. The minimum Gasteiger partial charge on any atom is -0.497 e. The predicted molar refractivity (Wildman–Crippen MR) is 98.4 cm³/mol. The first-order valence-corrected chi connectivity index (χ1v) is 9.39. The summed E-state index contributed by atoms with van der Waals surface area (Å²) >= 11 is 6.46. The van der Waals surface area contributed by atoms with Crippen molar-refractivity contribution in [2.24, 2.45) is 5.92 Å². The van der Waals surface area contributed by atoms with Crippen molar-refractivity contribution in [2.75, 3.05) is 40.4 Å². The highest BCUT2D eigenvalue weighted by molar-refractivity contribution is 6.31. The molecule has 6 heteroatoms. The van der Waals surface area contributed by atoms with Crippen LogP contribution < -0.4 is 9.47 Å². The fraction of sp³-hybridized carbons (Fsp3) is 0.632. The van der Waals surface area contributed by atoms with E-state index >= 15 is 0 Å². The van der Waals surface area contributed by atoms with E-state index in [0.717, 1.165) is 63.3 Å². The zero-order valence-electron chi connectivity index (χ0n) is 15.1. The van der Waals surface area contributed by atoms with Gasteiger partial charge in [0.05, 0.1) is 19.2 Å². The van der Waals surface area contributed by atoms with Gasteiger partial charge in [0.25, 0.3) is 0 Å². The van der Waals surface area contributed by atoms with E-state index in [-0.39, 0.29) is 0 Å². The lowest BCUT2D eigenvalue weighted by Gasteiger charge is -2.35. The summed E-state index contributed by atoms with van der Waals surface area (Å²) in [5, 5.41) is 0.674. The number of benzene rings is 1. The summed E-state index contributed by atoms with van der Waals surface area (Å²) in [6.07, 6.45) is 4.07. The largest absolute Gasteiger partial charge is 0.497 e. The highest BCUT2D eigenvalue weighted by Gasteiger charge is 2.27. The minimum atomic E-state index is 0.317. The number of rotatable bonds is 6. The van der Waals surface area contributed by atoms with Gasteiger partial charge in [0.15, 0.2) is 0 Å². The number of carbonyl (C=O) groups excluding carboxylic acids is 1. The van der Waals surface area contributed by atoms with Crippen molar-refractivity contribution in [1.82, 2.24) is 9.80 Å². The molecule has 138 valence electrons. The smallest absolute Gasteiger partial charge is 0.222 e. The normalized spacial score (nSPS) is 21.6. The number of carbonyl (C=O) groups is 1. The molecule has 0 radical (unpaired) electrons. The molecule has 0 aliphatic carbocycles. The van der Waals surface area contributed by atoms with Gasteiger partial charge in [-0.05, 0) is 37.8 Å². The third-order valence-electron chi connectivity index (χ3n) is 5.22. The van der Waals surface area contributed by atoms with Gasteiger partial charge in [-0.15, -0.1) is 0 Å². The summed E-state index contributed by atoms with van der Waals surface area (Å²) in [7, 11) is 3.28. The predicted octanol–water partition coefficient (Wildman–Crippen LogP) is 3.19.